The van der Waals surface area contributed by atoms with E-state index in [2.05, 4.69) is 15.6 Å². The number of hydrogen-bond acceptors (Lipinski definition) is 4. The number of anilines is 1. The number of hydrogen-bond donors (Lipinski definition) is 2. The van der Waals surface area contributed by atoms with Gasteiger partial charge in [0, 0.05) is 31.3 Å². The zero-order valence-corrected chi connectivity index (χ0v) is 14.3. The first-order valence-corrected chi connectivity index (χ1v) is 7.68. The van der Waals surface area contributed by atoms with E-state index in [0.29, 0.717) is 11.6 Å². The molecule has 2 N–H and O–H groups in total. The predicted octanol–water partition coefficient (Wildman–Crippen LogP) is 2.67. The monoisotopic (exact) mass is 330 g/mol. The molecule has 128 valence electrons. The first-order chi connectivity index (χ1) is 11.4. The van der Waals surface area contributed by atoms with Crippen LogP contribution in [-0.2, 0) is 4.79 Å². The summed E-state index contributed by atoms with van der Waals surface area (Å²) in [6, 6.07) is 6.70. The zero-order valence-electron chi connectivity index (χ0n) is 14.3. The van der Waals surface area contributed by atoms with Crippen LogP contribution in [0.3, 0.4) is 0 Å². The van der Waals surface area contributed by atoms with Crippen molar-refractivity contribution in [3.63, 3.8) is 0 Å². The number of likely N-dealkylation sites (N-methyl/N-ethyl adjacent to an activating group) is 1. The molecule has 0 aliphatic carbocycles. The molecule has 0 aliphatic heterocycles. The average Bonchev–Trinajstić information content (AvgIpc) is 3.03. The van der Waals surface area contributed by atoms with E-state index < -0.39 is 6.03 Å². The number of rotatable bonds is 5. The molecule has 0 spiro atoms. The Bertz CT molecular complexity index is 705. The van der Waals surface area contributed by atoms with Crippen molar-refractivity contribution >= 4 is 17.6 Å². The average molecular weight is 330 g/mol. The van der Waals surface area contributed by atoms with Crippen LogP contribution in [-0.4, -0.2) is 42.5 Å². The van der Waals surface area contributed by atoms with E-state index in [1.807, 2.05) is 26.0 Å². The minimum atomic E-state index is -0.434. The summed E-state index contributed by atoms with van der Waals surface area (Å²) < 4.78 is 5.69. The van der Waals surface area contributed by atoms with Gasteiger partial charge >= 0.3 is 6.03 Å². The fourth-order valence-electron chi connectivity index (χ4n) is 1.87. The standard InChI is InChI=1S/C17H22N4O3/c1-11(2)14-9-18-16(24-14)12-5-7-13(8-6-12)20-17(23)19-10-15(22)21(3)4/h5-9,11H,10H2,1-4H3,(H2,19,20,23). The number of benzene rings is 1. The van der Waals surface area contributed by atoms with Crippen LogP contribution in [0.4, 0.5) is 10.5 Å². The molecule has 7 nitrogen and oxygen atoms in total. The van der Waals surface area contributed by atoms with Crippen LogP contribution in [0.15, 0.2) is 34.9 Å². The van der Waals surface area contributed by atoms with Gasteiger partial charge in [0.1, 0.15) is 5.76 Å². The van der Waals surface area contributed by atoms with E-state index in [9.17, 15) is 9.59 Å². The van der Waals surface area contributed by atoms with Crippen LogP contribution in [0.5, 0.6) is 0 Å². The Morgan fingerprint density at radius 3 is 2.42 bits per heavy atom. The van der Waals surface area contributed by atoms with Crippen LogP contribution in [0.2, 0.25) is 0 Å². The van der Waals surface area contributed by atoms with Gasteiger partial charge in [0.05, 0.1) is 12.7 Å². The lowest BCUT2D eigenvalue weighted by Crippen LogP contribution is -2.38. The van der Waals surface area contributed by atoms with Crippen LogP contribution >= 0.6 is 0 Å². The van der Waals surface area contributed by atoms with Gasteiger partial charge in [0.15, 0.2) is 0 Å². The molecule has 1 aromatic heterocycles. The Morgan fingerprint density at radius 1 is 1.21 bits per heavy atom. The third-order valence-electron chi connectivity index (χ3n) is 3.38. The van der Waals surface area contributed by atoms with Gasteiger partial charge in [-0.25, -0.2) is 9.78 Å². The summed E-state index contributed by atoms with van der Waals surface area (Å²) in [6.45, 7) is 4.03. The van der Waals surface area contributed by atoms with Gasteiger partial charge in [-0.3, -0.25) is 4.79 Å². The topological polar surface area (TPSA) is 87.5 Å². The first-order valence-electron chi connectivity index (χ1n) is 7.68. The van der Waals surface area contributed by atoms with Crippen LogP contribution < -0.4 is 10.6 Å². The van der Waals surface area contributed by atoms with Crippen LogP contribution in [0.25, 0.3) is 11.5 Å². The van der Waals surface area contributed by atoms with Gasteiger partial charge in [-0.1, -0.05) is 13.8 Å². The quantitative estimate of drug-likeness (QED) is 0.882. The summed E-state index contributed by atoms with van der Waals surface area (Å²) in [7, 11) is 3.27. The maximum absolute atomic E-state index is 11.7. The molecule has 2 rings (SSSR count). The SMILES string of the molecule is CC(C)c1cnc(-c2ccc(NC(=O)NCC(=O)N(C)C)cc2)o1. The van der Waals surface area contributed by atoms with E-state index in [1.165, 1.54) is 4.90 Å². The third-order valence-corrected chi connectivity index (χ3v) is 3.38. The van der Waals surface area contributed by atoms with Crippen molar-refractivity contribution in [3.8, 4) is 11.5 Å². The Balaban J connectivity index is 1.94. The Hall–Kier alpha value is -2.83. The van der Waals surface area contributed by atoms with Gasteiger partial charge in [-0.15, -0.1) is 0 Å². The second-order valence-electron chi connectivity index (χ2n) is 5.90. The zero-order chi connectivity index (χ0) is 17.7. The summed E-state index contributed by atoms with van der Waals surface area (Å²) in [4.78, 5) is 28.8. The number of urea groups is 1. The molecule has 0 radical (unpaired) electrons. The largest absolute Gasteiger partial charge is 0.441 e. The fraction of sp³-hybridized carbons (Fsp3) is 0.353. The molecule has 0 atom stereocenters. The molecular formula is C17H22N4O3. The Labute approximate surface area is 141 Å². The van der Waals surface area contributed by atoms with Crippen LogP contribution in [0.1, 0.15) is 25.5 Å². The predicted molar refractivity (Wildman–Crippen MR) is 91.7 cm³/mol. The van der Waals surface area contributed by atoms with Crippen molar-refractivity contribution < 1.29 is 14.0 Å². The van der Waals surface area contributed by atoms with Crippen molar-refractivity contribution in [2.75, 3.05) is 26.0 Å². The van der Waals surface area contributed by atoms with Crippen LogP contribution in [0, 0.1) is 0 Å². The Morgan fingerprint density at radius 2 is 1.88 bits per heavy atom. The summed E-state index contributed by atoms with van der Waals surface area (Å²) in [5.41, 5.74) is 1.44. The van der Waals surface area contributed by atoms with E-state index >= 15 is 0 Å². The summed E-state index contributed by atoms with van der Waals surface area (Å²) in [5.74, 6) is 1.48. The highest BCUT2D eigenvalue weighted by molar-refractivity contribution is 5.92. The molecule has 1 heterocycles. The number of oxazole rings is 1. The molecule has 2 aromatic rings. The highest BCUT2D eigenvalue weighted by atomic mass is 16.4. The smallest absolute Gasteiger partial charge is 0.319 e. The summed E-state index contributed by atoms with van der Waals surface area (Å²) in [5, 5.41) is 5.17. The van der Waals surface area contributed by atoms with E-state index in [4.69, 9.17) is 4.42 Å². The first kappa shape index (κ1) is 17.5. The molecule has 24 heavy (non-hydrogen) atoms. The molecule has 0 bridgehead atoms. The van der Waals surface area contributed by atoms with Crippen molar-refractivity contribution in [2.24, 2.45) is 0 Å². The van der Waals surface area contributed by atoms with E-state index in [1.54, 1.807) is 32.4 Å². The van der Waals surface area contributed by atoms with Crippen molar-refractivity contribution in [3.05, 3.63) is 36.2 Å². The summed E-state index contributed by atoms with van der Waals surface area (Å²) in [6.07, 6.45) is 1.72. The molecular weight excluding hydrogens is 308 g/mol. The lowest BCUT2D eigenvalue weighted by Gasteiger charge is -2.11. The molecule has 1 aromatic carbocycles. The number of nitrogens with one attached hydrogen (secondary N) is 2. The normalized spacial score (nSPS) is 10.5. The third kappa shape index (κ3) is 4.58. The van der Waals surface area contributed by atoms with E-state index in [0.717, 1.165) is 11.3 Å². The lowest BCUT2D eigenvalue weighted by molar-refractivity contribution is -0.127. The van der Waals surface area contributed by atoms with Crippen molar-refractivity contribution in [1.29, 1.82) is 0 Å². The molecule has 3 amide bonds. The molecule has 0 saturated heterocycles. The minimum absolute atomic E-state index is 0.0504. The van der Waals surface area contributed by atoms with Crippen molar-refractivity contribution in [2.45, 2.75) is 19.8 Å². The molecule has 0 unspecified atom stereocenters. The lowest BCUT2D eigenvalue weighted by atomic mass is 10.2. The van der Waals surface area contributed by atoms with E-state index in [-0.39, 0.29) is 18.4 Å². The van der Waals surface area contributed by atoms with Gasteiger partial charge < -0.3 is 20.0 Å². The van der Waals surface area contributed by atoms with Gasteiger partial charge in [-0.05, 0) is 24.3 Å². The van der Waals surface area contributed by atoms with Crippen molar-refractivity contribution in [1.82, 2.24) is 15.2 Å². The number of aromatic nitrogens is 1. The number of nitrogens with zero attached hydrogens (tertiary/aromatic N) is 2. The molecule has 0 fully saturated rings. The maximum Gasteiger partial charge on any atom is 0.319 e. The highest BCUT2D eigenvalue weighted by Crippen LogP contribution is 2.24. The van der Waals surface area contributed by atoms with Gasteiger partial charge in [0.2, 0.25) is 11.8 Å². The maximum atomic E-state index is 11.7. The van der Waals surface area contributed by atoms with Gasteiger partial charge in [-0.2, -0.15) is 0 Å². The minimum Gasteiger partial charge on any atom is -0.441 e. The second kappa shape index (κ2) is 7.63. The second-order valence-corrected chi connectivity index (χ2v) is 5.90. The highest BCUT2D eigenvalue weighted by Gasteiger charge is 2.10. The Kier molecular flexibility index (Phi) is 5.57. The fourth-order valence-corrected chi connectivity index (χ4v) is 1.87. The molecule has 0 saturated carbocycles. The number of amides is 3. The van der Waals surface area contributed by atoms with Gasteiger partial charge in [0.25, 0.3) is 0 Å². The summed E-state index contributed by atoms with van der Waals surface area (Å²) >= 11 is 0. The molecule has 0 aliphatic rings. The number of carbonyl (C=O) groups is 2. The number of carbonyl (C=O) groups excluding carboxylic acids is 2. The molecule has 7 heteroatoms.